The third-order valence-corrected chi connectivity index (χ3v) is 14.5. The summed E-state index contributed by atoms with van der Waals surface area (Å²) in [7, 11) is -2.32. The standard InChI is InChI=1S/C43H51N5O8S/c1-6-27-22-43(27,41(52)47-57(53,54)30-13-14-30)46-39(50)35-19-29(23-48(35)40(51)38(42(2,3)4)45-37(49)20-32-25-16-26(32)17-25)56-36-21-33(24-10-8-7-9-11-24)44-34-18-28(55-5)12-15-31(34)36/h6-12,15,18,21,25-27,29-30,32,35,38H,1,13-14,16-17,19-20,22-23H2,2-5H3,(H,45,49)(H,46,50)(H,47,52)/t25?,26?,27-,29-,32?,35?,38-,43-/m1/s1. The lowest BCUT2D eigenvalue weighted by molar-refractivity contribution is -0.146. The van der Waals surface area contributed by atoms with E-state index in [1.807, 2.05) is 75.4 Å². The van der Waals surface area contributed by atoms with E-state index in [0.29, 0.717) is 65.1 Å². The van der Waals surface area contributed by atoms with Crippen molar-refractivity contribution in [3.63, 3.8) is 0 Å². The summed E-state index contributed by atoms with van der Waals surface area (Å²) in [5.41, 5.74) is -0.110. The fraction of sp³-hybridized carbons (Fsp3) is 0.512. The van der Waals surface area contributed by atoms with Crippen LogP contribution in [0.25, 0.3) is 22.2 Å². The van der Waals surface area contributed by atoms with Crippen molar-refractivity contribution in [2.75, 3.05) is 13.7 Å². The average molecular weight is 798 g/mol. The predicted octanol–water partition coefficient (Wildman–Crippen LogP) is 4.51. The molecule has 1 aromatic heterocycles. The molecule has 1 saturated heterocycles. The van der Waals surface area contributed by atoms with Gasteiger partial charge in [0.2, 0.25) is 27.7 Å². The van der Waals surface area contributed by atoms with Gasteiger partial charge in [0.05, 0.1) is 30.1 Å². The summed E-state index contributed by atoms with van der Waals surface area (Å²) >= 11 is 0. The molecule has 57 heavy (non-hydrogen) atoms. The number of nitrogens with zero attached hydrogens (tertiary/aromatic N) is 2. The molecule has 5 aliphatic carbocycles. The number of hydrogen-bond acceptors (Lipinski definition) is 9. The van der Waals surface area contributed by atoms with Gasteiger partial charge in [-0.2, -0.15) is 0 Å². The highest BCUT2D eigenvalue weighted by molar-refractivity contribution is 7.91. The molecule has 4 amide bonds. The molecule has 3 N–H and O–H groups in total. The number of benzene rings is 2. The first-order valence-corrected chi connectivity index (χ1v) is 21.5. The Morgan fingerprint density at radius 1 is 1.04 bits per heavy atom. The molecule has 302 valence electrons. The van der Waals surface area contributed by atoms with Crippen LogP contribution in [0.1, 0.15) is 65.7 Å². The number of rotatable bonds is 14. The second-order valence-corrected chi connectivity index (χ2v) is 19.6. The number of amides is 4. The molecule has 0 radical (unpaired) electrons. The third-order valence-electron chi connectivity index (χ3n) is 12.7. The molecule has 5 atom stereocenters. The van der Waals surface area contributed by atoms with Gasteiger partial charge in [-0.3, -0.25) is 23.9 Å². The molecule has 2 heterocycles. The van der Waals surface area contributed by atoms with Crippen LogP contribution in [-0.4, -0.2) is 84.6 Å². The highest BCUT2D eigenvalue weighted by atomic mass is 32.2. The van der Waals surface area contributed by atoms with E-state index in [1.54, 1.807) is 7.11 Å². The van der Waals surface area contributed by atoms with Gasteiger partial charge < -0.3 is 25.0 Å². The van der Waals surface area contributed by atoms with Crippen LogP contribution in [0.2, 0.25) is 0 Å². The summed E-state index contributed by atoms with van der Waals surface area (Å²) in [6, 6.07) is 14.9. The molecular formula is C43H51N5O8S. The van der Waals surface area contributed by atoms with Crippen molar-refractivity contribution in [2.24, 2.45) is 29.1 Å². The number of methoxy groups -OCH3 is 1. The number of aromatic nitrogens is 1. The third kappa shape index (κ3) is 7.48. The lowest BCUT2D eigenvalue weighted by Crippen LogP contribution is -2.60. The molecule has 1 unspecified atom stereocenters. The minimum atomic E-state index is -3.90. The number of nitrogens with one attached hydrogen (secondary N) is 3. The Morgan fingerprint density at radius 3 is 2.35 bits per heavy atom. The van der Waals surface area contributed by atoms with Gasteiger partial charge in [0, 0.05) is 41.8 Å². The van der Waals surface area contributed by atoms with Crippen molar-refractivity contribution >= 4 is 44.6 Å². The Labute approximate surface area is 333 Å². The summed E-state index contributed by atoms with van der Waals surface area (Å²) in [6.07, 6.45) is 4.68. The maximum atomic E-state index is 14.8. The second kappa shape index (κ2) is 14.4. The van der Waals surface area contributed by atoms with Crippen LogP contribution < -0.4 is 24.8 Å². The van der Waals surface area contributed by atoms with Gasteiger partial charge in [-0.25, -0.2) is 13.4 Å². The molecule has 13 nitrogen and oxygen atoms in total. The van der Waals surface area contributed by atoms with Gasteiger partial charge in [-0.1, -0.05) is 57.2 Å². The Balaban J connectivity index is 1.10. The van der Waals surface area contributed by atoms with Crippen LogP contribution in [0.5, 0.6) is 11.5 Å². The highest BCUT2D eigenvalue weighted by Gasteiger charge is 2.62. The molecular weight excluding hydrogens is 747 g/mol. The number of carbonyl (C=O) groups excluding carboxylic acids is 4. The van der Waals surface area contributed by atoms with Crippen molar-refractivity contribution in [1.82, 2.24) is 25.2 Å². The quantitative estimate of drug-likeness (QED) is 0.199. The number of likely N-dealkylation sites (tertiary alicyclic amines) is 1. The Bertz CT molecular complexity index is 2220. The van der Waals surface area contributed by atoms with Crippen LogP contribution in [0.4, 0.5) is 0 Å². The van der Waals surface area contributed by atoms with E-state index in [9.17, 15) is 27.6 Å². The summed E-state index contributed by atoms with van der Waals surface area (Å²) < 4.78 is 40.0. The van der Waals surface area contributed by atoms with Crippen LogP contribution in [0, 0.1) is 29.1 Å². The minimum absolute atomic E-state index is 0.00687. The summed E-state index contributed by atoms with van der Waals surface area (Å²) in [5.74, 6) is 0.0215. The number of pyridine rings is 1. The largest absolute Gasteiger partial charge is 0.497 e. The zero-order chi connectivity index (χ0) is 40.4. The number of hydrogen-bond donors (Lipinski definition) is 3. The molecule has 2 bridgehead atoms. The molecule has 0 spiro atoms. The van der Waals surface area contributed by atoms with Gasteiger partial charge in [0.15, 0.2) is 0 Å². The highest BCUT2D eigenvalue weighted by Crippen LogP contribution is 2.60. The van der Waals surface area contributed by atoms with E-state index < -0.39 is 68.1 Å². The fourth-order valence-electron chi connectivity index (χ4n) is 8.71. The fourth-order valence-corrected chi connectivity index (χ4v) is 10.1. The van der Waals surface area contributed by atoms with E-state index in [-0.39, 0.29) is 25.3 Å². The molecule has 9 rings (SSSR count). The number of carbonyl (C=O) groups is 4. The van der Waals surface area contributed by atoms with Gasteiger partial charge in [0.1, 0.15) is 35.2 Å². The Hall–Kier alpha value is -4.98. The topological polar surface area (TPSA) is 173 Å². The molecule has 1 aliphatic heterocycles. The van der Waals surface area contributed by atoms with Gasteiger partial charge in [-0.15, -0.1) is 6.58 Å². The van der Waals surface area contributed by atoms with Gasteiger partial charge in [0.25, 0.3) is 5.91 Å². The first kappa shape index (κ1) is 38.9. The van der Waals surface area contributed by atoms with Crippen LogP contribution in [-0.2, 0) is 29.2 Å². The van der Waals surface area contributed by atoms with Crippen molar-refractivity contribution in [2.45, 2.75) is 94.7 Å². The predicted molar refractivity (Wildman–Crippen MR) is 213 cm³/mol. The first-order valence-electron chi connectivity index (χ1n) is 19.9. The zero-order valence-electron chi connectivity index (χ0n) is 32.8. The second-order valence-electron chi connectivity index (χ2n) is 17.6. The Morgan fingerprint density at radius 2 is 1.75 bits per heavy atom. The normalized spacial score (nSPS) is 28.0. The maximum Gasteiger partial charge on any atom is 0.259 e. The van der Waals surface area contributed by atoms with Crippen LogP contribution in [0.15, 0.2) is 67.3 Å². The van der Waals surface area contributed by atoms with E-state index in [2.05, 4.69) is 21.9 Å². The van der Waals surface area contributed by atoms with E-state index >= 15 is 0 Å². The lowest BCUT2D eigenvalue weighted by atomic mass is 9.47. The van der Waals surface area contributed by atoms with Crippen molar-refractivity contribution < 1.29 is 37.1 Å². The van der Waals surface area contributed by atoms with Gasteiger partial charge >= 0.3 is 0 Å². The monoisotopic (exact) mass is 797 g/mol. The molecule has 2 aromatic carbocycles. The molecule has 14 heteroatoms. The van der Waals surface area contributed by atoms with Crippen LogP contribution >= 0.6 is 0 Å². The maximum absolute atomic E-state index is 14.8. The molecule has 5 saturated carbocycles. The van der Waals surface area contributed by atoms with Crippen molar-refractivity contribution in [3.05, 3.63) is 67.3 Å². The minimum Gasteiger partial charge on any atom is -0.497 e. The van der Waals surface area contributed by atoms with E-state index in [1.165, 1.54) is 11.0 Å². The van der Waals surface area contributed by atoms with Crippen molar-refractivity contribution in [1.29, 1.82) is 0 Å². The zero-order valence-corrected chi connectivity index (χ0v) is 33.6. The summed E-state index contributed by atoms with van der Waals surface area (Å²) in [6.45, 7) is 9.44. The number of ether oxygens (including phenoxy) is 2. The smallest absolute Gasteiger partial charge is 0.259 e. The van der Waals surface area contributed by atoms with E-state index in [0.717, 1.165) is 18.4 Å². The summed E-state index contributed by atoms with van der Waals surface area (Å²) in [4.78, 5) is 62.7. The lowest BCUT2D eigenvalue weighted by Gasteiger charge is -2.58. The number of fused-ring (bicyclic) bond motifs is 1. The molecule has 3 aromatic rings. The first-order chi connectivity index (χ1) is 27.1. The summed E-state index contributed by atoms with van der Waals surface area (Å²) in [5, 5.41) is 5.95. The average Bonchev–Trinajstić information content (AvgIpc) is 4.08. The number of sulfonamides is 1. The Kier molecular flexibility index (Phi) is 9.85. The molecule has 6 fully saturated rings. The van der Waals surface area contributed by atoms with E-state index in [4.69, 9.17) is 14.5 Å². The van der Waals surface area contributed by atoms with Crippen molar-refractivity contribution in [3.8, 4) is 22.8 Å². The van der Waals surface area contributed by atoms with Crippen LogP contribution in [0.3, 0.4) is 0 Å². The van der Waals surface area contributed by atoms with Gasteiger partial charge in [-0.05, 0) is 67.4 Å². The SMILES string of the molecule is C=C[C@@H]1C[C@]1(NC(=O)C1C[C@@H](Oc2cc(-c3ccccc3)nc3cc(OC)ccc23)CN1C(=O)[C@@H](NC(=O)CC1C2CC1C2)C(C)(C)C)C(=O)NS(=O)(=O)C1CC1. The molecule has 6 aliphatic rings.